The van der Waals surface area contributed by atoms with Crippen molar-refractivity contribution in [2.75, 3.05) is 6.61 Å². The standard InChI is InChI=1S/C20H20O5S/c1-2-16(14-25-13-15-9-5-3-6-10-15)20(18(21)22,19(23)24)26-17-11-7-4-8-12-17/h2-12,16H,1,13-14H2,(H,21,22)(H,23,24). The van der Waals surface area contributed by atoms with Gasteiger partial charge in [-0.2, -0.15) is 0 Å². The summed E-state index contributed by atoms with van der Waals surface area (Å²) in [4.78, 5) is 24.5. The molecule has 6 heteroatoms. The molecule has 0 heterocycles. The third-order valence-electron chi connectivity index (χ3n) is 3.87. The van der Waals surface area contributed by atoms with Crippen LogP contribution < -0.4 is 0 Å². The van der Waals surface area contributed by atoms with E-state index in [4.69, 9.17) is 4.74 Å². The van der Waals surface area contributed by atoms with E-state index >= 15 is 0 Å². The molecule has 2 aromatic carbocycles. The monoisotopic (exact) mass is 372 g/mol. The van der Waals surface area contributed by atoms with Gasteiger partial charge in [-0.25, -0.2) is 0 Å². The van der Waals surface area contributed by atoms with Crippen molar-refractivity contribution < 1.29 is 24.5 Å². The highest BCUT2D eigenvalue weighted by Gasteiger charge is 2.53. The number of thioether (sulfide) groups is 1. The number of hydrogen-bond donors (Lipinski definition) is 2. The van der Waals surface area contributed by atoms with E-state index in [1.165, 1.54) is 6.08 Å². The zero-order valence-corrected chi connectivity index (χ0v) is 14.9. The Hall–Kier alpha value is -2.57. The molecular formula is C20H20O5S. The molecule has 0 fully saturated rings. The van der Waals surface area contributed by atoms with Crippen molar-refractivity contribution in [3.63, 3.8) is 0 Å². The summed E-state index contributed by atoms with van der Waals surface area (Å²) in [5, 5.41) is 19.5. The number of aliphatic carboxylic acids is 2. The molecule has 0 aliphatic rings. The van der Waals surface area contributed by atoms with Gasteiger partial charge in [-0.1, -0.05) is 66.4 Å². The molecule has 0 saturated carbocycles. The Bertz CT molecular complexity index is 731. The number of carboxylic acid groups (broad SMARTS) is 2. The largest absolute Gasteiger partial charge is 0.480 e. The van der Waals surface area contributed by atoms with Gasteiger partial charge in [0.25, 0.3) is 0 Å². The van der Waals surface area contributed by atoms with Crippen molar-refractivity contribution in [1.29, 1.82) is 0 Å². The maximum Gasteiger partial charge on any atom is 0.332 e. The highest BCUT2D eigenvalue weighted by atomic mass is 32.2. The highest BCUT2D eigenvalue weighted by molar-refractivity contribution is 8.02. The molecular weight excluding hydrogens is 352 g/mol. The first kappa shape index (κ1) is 19.8. The Morgan fingerprint density at radius 1 is 1.04 bits per heavy atom. The van der Waals surface area contributed by atoms with Gasteiger partial charge < -0.3 is 14.9 Å². The van der Waals surface area contributed by atoms with Crippen LogP contribution in [-0.4, -0.2) is 33.5 Å². The fourth-order valence-corrected chi connectivity index (χ4v) is 3.63. The molecule has 0 bridgehead atoms. The number of carboxylic acids is 2. The van der Waals surface area contributed by atoms with Crippen LogP contribution in [0.15, 0.2) is 78.2 Å². The second-order valence-electron chi connectivity index (χ2n) is 5.60. The summed E-state index contributed by atoms with van der Waals surface area (Å²) in [5.74, 6) is -3.80. The van der Waals surface area contributed by atoms with Crippen molar-refractivity contribution in [3.05, 3.63) is 78.9 Å². The number of hydrogen-bond acceptors (Lipinski definition) is 4. The van der Waals surface area contributed by atoms with Gasteiger partial charge in [0.2, 0.25) is 4.75 Å². The Balaban J connectivity index is 2.22. The molecule has 1 unspecified atom stereocenters. The van der Waals surface area contributed by atoms with Gasteiger partial charge >= 0.3 is 11.9 Å². The van der Waals surface area contributed by atoms with Crippen LogP contribution >= 0.6 is 11.8 Å². The minimum atomic E-state index is -2.13. The van der Waals surface area contributed by atoms with E-state index in [9.17, 15) is 19.8 Å². The van der Waals surface area contributed by atoms with Crippen LogP contribution in [0.1, 0.15) is 5.56 Å². The predicted molar refractivity (Wildman–Crippen MR) is 100 cm³/mol. The lowest BCUT2D eigenvalue weighted by atomic mass is 9.92. The van der Waals surface area contributed by atoms with Crippen molar-refractivity contribution >= 4 is 23.7 Å². The summed E-state index contributed by atoms with van der Waals surface area (Å²) >= 11 is 0.781. The first-order valence-electron chi connectivity index (χ1n) is 7.95. The zero-order valence-electron chi connectivity index (χ0n) is 14.1. The molecule has 2 N–H and O–H groups in total. The van der Waals surface area contributed by atoms with Crippen molar-refractivity contribution in [1.82, 2.24) is 0 Å². The summed E-state index contributed by atoms with van der Waals surface area (Å²) in [6.07, 6.45) is 1.34. The van der Waals surface area contributed by atoms with Gasteiger partial charge in [0.15, 0.2) is 0 Å². The molecule has 0 aromatic heterocycles. The smallest absolute Gasteiger partial charge is 0.332 e. The lowest BCUT2D eigenvalue weighted by molar-refractivity contribution is -0.154. The molecule has 5 nitrogen and oxygen atoms in total. The number of rotatable bonds is 10. The van der Waals surface area contributed by atoms with Crippen LogP contribution in [0.4, 0.5) is 0 Å². The molecule has 0 radical (unpaired) electrons. The van der Waals surface area contributed by atoms with Crippen molar-refractivity contribution in [2.24, 2.45) is 5.92 Å². The normalized spacial score (nSPS) is 12.3. The van der Waals surface area contributed by atoms with E-state index in [2.05, 4.69) is 6.58 Å². The SMILES string of the molecule is C=CC(COCc1ccccc1)C(Sc1ccccc1)(C(=O)O)C(=O)O. The summed E-state index contributed by atoms with van der Waals surface area (Å²) in [5.41, 5.74) is 0.919. The van der Waals surface area contributed by atoms with Gasteiger partial charge in [0, 0.05) is 10.8 Å². The van der Waals surface area contributed by atoms with Crippen LogP contribution in [0.25, 0.3) is 0 Å². The Morgan fingerprint density at radius 3 is 2.08 bits per heavy atom. The van der Waals surface area contributed by atoms with E-state index in [1.807, 2.05) is 30.3 Å². The third-order valence-corrected chi connectivity index (χ3v) is 5.35. The Kier molecular flexibility index (Phi) is 7.00. The van der Waals surface area contributed by atoms with Gasteiger partial charge in [-0.05, 0) is 17.7 Å². The van der Waals surface area contributed by atoms with Gasteiger partial charge in [0.05, 0.1) is 13.2 Å². The molecule has 0 spiro atoms. The van der Waals surface area contributed by atoms with Crippen LogP contribution in [0.2, 0.25) is 0 Å². The molecule has 0 amide bonds. The lowest BCUT2D eigenvalue weighted by Gasteiger charge is -2.30. The molecule has 26 heavy (non-hydrogen) atoms. The minimum absolute atomic E-state index is 0.0726. The van der Waals surface area contributed by atoms with E-state index in [1.54, 1.807) is 30.3 Å². The summed E-state index contributed by atoms with van der Waals surface area (Å²) in [6, 6.07) is 18.0. The van der Waals surface area contributed by atoms with Crippen LogP contribution in [0, 0.1) is 5.92 Å². The second kappa shape index (κ2) is 9.22. The van der Waals surface area contributed by atoms with E-state index in [0.717, 1.165) is 17.3 Å². The molecule has 136 valence electrons. The molecule has 2 rings (SSSR count). The maximum absolute atomic E-state index is 12.0. The number of benzene rings is 2. The zero-order chi connectivity index (χ0) is 19.0. The first-order chi connectivity index (χ1) is 12.5. The maximum atomic E-state index is 12.0. The highest BCUT2D eigenvalue weighted by Crippen LogP contribution is 2.40. The summed E-state index contributed by atoms with van der Waals surface area (Å²) < 4.78 is 3.48. The minimum Gasteiger partial charge on any atom is -0.480 e. The third kappa shape index (κ3) is 4.53. The number of ether oxygens (including phenoxy) is 1. The Labute approximate surface area is 156 Å². The Morgan fingerprint density at radius 2 is 1.58 bits per heavy atom. The van der Waals surface area contributed by atoms with Crippen LogP contribution in [0.5, 0.6) is 0 Å². The van der Waals surface area contributed by atoms with Gasteiger partial charge in [0.1, 0.15) is 0 Å². The van der Waals surface area contributed by atoms with Crippen LogP contribution in [0.3, 0.4) is 0 Å². The predicted octanol–water partition coefficient (Wildman–Crippen LogP) is 3.71. The molecule has 2 aromatic rings. The van der Waals surface area contributed by atoms with Crippen LogP contribution in [-0.2, 0) is 20.9 Å². The molecule has 1 atom stereocenters. The van der Waals surface area contributed by atoms with Crippen molar-refractivity contribution in [2.45, 2.75) is 16.2 Å². The number of carbonyl (C=O) groups is 2. The fraction of sp³-hybridized carbons (Fsp3) is 0.200. The van der Waals surface area contributed by atoms with Crippen molar-refractivity contribution in [3.8, 4) is 0 Å². The molecule has 0 aliphatic carbocycles. The summed E-state index contributed by atoms with van der Waals surface area (Å²) in [6.45, 7) is 3.83. The van der Waals surface area contributed by atoms with E-state index in [0.29, 0.717) is 4.90 Å². The van der Waals surface area contributed by atoms with E-state index in [-0.39, 0.29) is 13.2 Å². The average molecular weight is 372 g/mol. The molecule has 0 saturated heterocycles. The second-order valence-corrected chi connectivity index (χ2v) is 6.92. The molecule has 0 aliphatic heterocycles. The quantitative estimate of drug-likeness (QED) is 0.376. The van der Waals surface area contributed by atoms with Gasteiger partial charge in [-0.15, -0.1) is 6.58 Å². The topological polar surface area (TPSA) is 83.8 Å². The first-order valence-corrected chi connectivity index (χ1v) is 8.77. The van der Waals surface area contributed by atoms with Gasteiger partial charge in [-0.3, -0.25) is 9.59 Å². The fourth-order valence-electron chi connectivity index (χ4n) is 2.48. The van der Waals surface area contributed by atoms with E-state index < -0.39 is 22.6 Å². The lowest BCUT2D eigenvalue weighted by Crippen LogP contribution is -2.50. The average Bonchev–Trinajstić information content (AvgIpc) is 2.65. The summed E-state index contributed by atoms with van der Waals surface area (Å²) in [7, 11) is 0.